The van der Waals surface area contributed by atoms with E-state index in [0.29, 0.717) is 5.92 Å². The van der Waals surface area contributed by atoms with Crippen LogP contribution >= 0.6 is 0 Å². The van der Waals surface area contributed by atoms with E-state index in [1.165, 1.54) is 44.5 Å². The monoisotopic (exact) mass is 580 g/mol. The lowest BCUT2D eigenvalue weighted by Gasteiger charge is -2.18. The quantitative estimate of drug-likeness (QED) is 0.187. The van der Waals surface area contributed by atoms with Gasteiger partial charge in [0.05, 0.1) is 0 Å². The lowest BCUT2D eigenvalue weighted by Crippen LogP contribution is -1.99. The number of hydrogen-bond acceptors (Lipinski definition) is 2. The van der Waals surface area contributed by atoms with Crippen LogP contribution in [0.25, 0.3) is 39.0 Å². The Bertz CT molecular complexity index is 1950. The molecule has 2 heteroatoms. The largest absolute Gasteiger partial charge is 0.355 e. The highest BCUT2D eigenvalue weighted by atomic mass is 14.9. The van der Waals surface area contributed by atoms with E-state index in [0.717, 1.165) is 29.2 Å². The summed E-state index contributed by atoms with van der Waals surface area (Å²) in [4.78, 5) is 0. The lowest BCUT2D eigenvalue weighted by atomic mass is 9.91. The van der Waals surface area contributed by atoms with Gasteiger partial charge in [-0.25, -0.2) is 0 Å². The van der Waals surface area contributed by atoms with E-state index >= 15 is 0 Å². The zero-order valence-corrected chi connectivity index (χ0v) is 25.5. The highest BCUT2D eigenvalue weighted by Crippen LogP contribution is 2.37. The molecule has 2 N–H and O–H groups in total. The number of allylic oxidation sites excluding steroid dienone is 4. The van der Waals surface area contributed by atoms with Crippen molar-refractivity contribution in [3.05, 3.63) is 175 Å². The number of rotatable bonds is 8. The number of hydrogen-bond donors (Lipinski definition) is 2. The van der Waals surface area contributed by atoms with Gasteiger partial charge in [0.1, 0.15) is 0 Å². The first-order valence-corrected chi connectivity index (χ1v) is 15.7. The Hall–Kier alpha value is -5.60. The number of benzene rings is 6. The van der Waals surface area contributed by atoms with Crippen molar-refractivity contribution in [2.24, 2.45) is 5.92 Å². The van der Waals surface area contributed by atoms with Gasteiger partial charge in [-0.15, -0.1) is 0 Å². The molecule has 1 aliphatic carbocycles. The van der Waals surface area contributed by atoms with Crippen molar-refractivity contribution < 1.29 is 0 Å². The molecule has 0 aromatic heterocycles. The number of para-hydroxylation sites is 1. The average molecular weight is 581 g/mol. The van der Waals surface area contributed by atoms with Gasteiger partial charge in [0.25, 0.3) is 0 Å². The topological polar surface area (TPSA) is 24.1 Å². The maximum Gasteiger partial charge on any atom is 0.0464 e. The summed E-state index contributed by atoms with van der Waals surface area (Å²) in [6.45, 7) is 2.26. The molecule has 0 saturated carbocycles. The van der Waals surface area contributed by atoms with Gasteiger partial charge in [-0.2, -0.15) is 0 Å². The van der Waals surface area contributed by atoms with E-state index in [9.17, 15) is 0 Å². The minimum Gasteiger partial charge on any atom is -0.355 e. The van der Waals surface area contributed by atoms with Crippen LogP contribution in [0.2, 0.25) is 0 Å². The summed E-state index contributed by atoms with van der Waals surface area (Å²) in [6, 6.07) is 53.7. The van der Waals surface area contributed by atoms with Gasteiger partial charge in [0.15, 0.2) is 0 Å². The van der Waals surface area contributed by atoms with Crippen molar-refractivity contribution in [3.63, 3.8) is 0 Å². The van der Waals surface area contributed by atoms with Gasteiger partial charge in [0, 0.05) is 33.9 Å². The normalized spacial score (nSPS) is 14.1. The molecule has 218 valence electrons. The van der Waals surface area contributed by atoms with E-state index in [1.54, 1.807) is 0 Å². The van der Waals surface area contributed by atoms with Crippen LogP contribution in [0.4, 0.5) is 22.7 Å². The Morgan fingerprint density at radius 2 is 0.956 bits per heavy atom. The molecule has 0 amide bonds. The third-order valence-electron chi connectivity index (χ3n) is 8.41. The first-order chi connectivity index (χ1) is 22.2. The van der Waals surface area contributed by atoms with Crippen LogP contribution in [0.15, 0.2) is 170 Å². The summed E-state index contributed by atoms with van der Waals surface area (Å²) in [7, 11) is 0. The molecule has 7 rings (SSSR count). The summed E-state index contributed by atoms with van der Waals surface area (Å²) < 4.78 is 0. The highest BCUT2D eigenvalue weighted by Gasteiger charge is 2.13. The minimum atomic E-state index is 0.570. The molecule has 0 fully saturated rings. The summed E-state index contributed by atoms with van der Waals surface area (Å²) in [6.07, 6.45) is 8.00. The van der Waals surface area contributed by atoms with E-state index in [2.05, 4.69) is 181 Å². The Balaban J connectivity index is 1.18. The fraction of sp³-hybridized carbons (Fsp3) is 0.0698. The van der Waals surface area contributed by atoms with Gasteiger partial charge in [-0.1, -0.05) is 128 Å². The molecular formula is C43H36N2. The molecule has 6 aromatic carbocycles. The zero-order chi connectivity index (χ0) is 30.4. The molecule has 0 aliphatic heterocycles. The summed E-state index contributed by atoms with van der Waals surface area (Å²) in [5.74, 6) is 0.570. The Morgan fingerprint density at radius 1 is 0.467 bits per heavy atom. The molecule has 0 saturated heterocycles. The highest BCUT2D eigenvalue weighted by molar-refractivity contribution is 5.88. The lowest BCUT2D eigenvalue weighted by molar-refractivity contribution is 0.739. The Morgan fingerprint density at radius 3 is 1.56 bits per heavy atom. The van der Waals surface area contributed by atoms with Gasteiger partial charge in [0.2, 0.25) is 0 Å². The van der Waals surface area contributed by atoms with Crippen LogP contribution in [-0.4, -0.2) is 0 Å². The number of anilines is 4. The zero-order valence-electron chi connectivity index (χ0n) is 25.5. The molecule has 1 unspecified atom stereocenters. The predicted octanol–water partition coefficient (Wildman–Crippen LogP) is 12.2. The summed E-state index contributed by atoms with van der Waals surface area (Å²) in [5, 5.41) is 7.34. The molecule has 0 spiro atoms. The SMILES string of the molecule is CC1C=CC(c2cc(-c3ccccc3)ccc2Nc2ccc(-c3ccc(Nc4ccccc4)c(-c4ccccc4)c3)cc2)=CC1. The Labute approximate surface area is 266 Å². The summed E-state index contributed by atoms with van der Waals surface area (Å²) >= 11 is 0. The molecule has 1 atom stereocenters. The third-order valence-corrected chi connectivity index (χ3v) is 8.41. The van der Waals surface area contributed by atoms with E-state index < -0.39 is 0 Å². The van der Waals surface area contributed by atoms with Crippen LogP contribution in [0.1, 0.15) is 18.9 Å². The fourth-order valence-corrected chi connectivity index (χ4v) is 5.90. The van der Waals surface area contributed by atoms with E-state index in [1.807, 2.05) is 6.07 Å². The van der Waals surface area contributed by atoms with Gasteiger partial charge >= 0.3 is 0 Å². The maximum absolute atomic E-state index is 3.73. The number of nitrogens with one attached hydrogen (secondary N) is 2. The standard InChI is InChI=1S/C43H36N2/c1-31-17-19-35(20-18-31)41-29-36(32-11-5-2-6-12-32)23-27-43(41)45-39-25-21-33(22-26-39)37-24-28-42(44-38-15-9-4-10-16-38)40(30-37)34-13-7-3-8-14-34/h2-17,19-31,44-45H,18H2,1H3. The molecule has 6 aromatic rings. The maximum atomic E-state index is 3.73. The van der Waals surface area contributed by atoms with Crippen LogP contribution < -0.4 is 10.6 Å². The van der Waals surface area contributed by atoms with Crippen LogP contribution in [0, 0.1) is 5.92 Å². The molecule has 1 aliphatic rings. The van der Waals surface area contributed by atoms with Crippen molar-refractivity contribution in [2.45, 2.75) is 13.3 Å². The first kappa shape index (κ1) is 28.2. The Kier molecular flexibility index (Phi) is 8.11. The van der Waals surface area contributed by atoms with Crippen molar-refractivity contribution in [1.82, 2.24) is 0 Å². The van der Waals surface area contributed by atoms with Crippen molar-refractivity contribution in [3.8, 4) is 33.4 Å². The molecule has 0 bridgehead atoms. The van der Waals surface area contributed by atoms with Crippen molar-refractivity contribution >= 4 is 28.3 Å². The second-order valence-electron chi connectivity index (χ2n) is 11.7. The second-order valence-corrected chi connectivity index (χ2v) is 11.7. The van der Waals surface area contributed by atoms with Crippen LogP contribution in [0.3, 0.4) is 0 Å². The average Bonchev–Trinajstić information content (AvgIpc) is 3.11. The van der Waals surface area contributed by atoms with Crippen LogP contribution in [-0.2, 0) is 0 Å². The minimum absolute atomic E-state index is 0.570. The third kappa shape index (κ3) is 6.51. The van der Waals surface area contributed by atoms with Gasteiger partial charge in [-0.05, 0) is 94.3 Å². The van der Waals surface area contributed by atoms with Crippen LogP contribution in [0.5, 0.6) is 0 Å². The van der Waals surface area contributed by atoms with Gasteiger partial charge < -0.3 is 10.6 Å². The molecule has 0 radical (unpaired) electrons. The second kappa shape index (κ2) is 13.0. The molecular weight excluding hydrogens is 544 g/mol. The van der Waals surface area contributed by atoms with E-state index in [4.69, 9.17) is 0 Å². The fourth-order valence-electron chi connectivity index (χ4n) is 5.90. The smallest absolute Gasteiger partial charge is 0.0464 e. The van der Waals surface area contributed by atoms with Gasteiger partial charge in [-0.3, -0.25) is 0 Å². The molecule has 0 heterocycles. The van der Waals surface area contributed by atoms with Crippen molar-refractivity contribution in [1.29, 1.82) is 0 Å². The summed E-state index contributed by atoms with van der Waals surface area (Å²) in [5.41, 5.74) is 14.0. The molecule has 45 heavy (non-hydrogen) atoms. The molecule has 2 nitrogen and oxygen atoms in total. The van der Waals surface area contributed by atoms with Crippen molar-refractivity contribution in [2.75, 3.05) is 10.6 Å². The van der Waals surface area contributed by atoms with E-state index in [-0.39, 0.29) is 0 Å². The predicted molar refractivity (Wildman–Crippen MR) is 193 cm³/mol. The first-order valence-electron chi connectivity index (χ1n) is 15.7.